The van der Waals surface area contributed by atoms with Crippen molar-refractivity contribution in [3.8, 4) is 5.75 Å². The van der Waals surface area contributed by atoms with Crippen LogP contribution in [0.15, 0.2) is 73.1 Å². The van der Waals surface area contributed by atoms with Crippen LogP contribution >= 0.6 is 11.6 Å². The second kappa shape index (κ2) is 10.2. The molecule has 3 aromatic rings. The number of rotatable bonds is 8. The lowest BCUT2D eigenvalue weighted by Crippen LogP contribution is -2.17. The van der Waals surface area contributed by atoms with Gasteiger partial charge in [0, 0.05) is 18.8 Å². The lowest BCUT2D eigenvalue weighted by Gasteiger charge is -2.12. The van der Waals surface area contributed by atoms with Gasteiger partial charge in [0.1, 0.15) is 5.75 Å². The van der Waals surface area contributed by atoms with Crippen LogP contribution in [0.1, 0.15) is 23.2 Å². The first-order valence-electron chi connectivity index (χ1n) is 9.11. The molecule has 29 heavy (non-hydrogen) atoms. The molecule has 0 atom stereocenters. The molecule has 1 heterocycles. The Kier molecular flexibility index (Phi) is 7.19. The van der Waals surface area contributed by atoms with E-state index in [2.05, 4.69) is 15.6 Å². The molecule has 2 aromatic carbocycles. The number of nitrogens with one attached hydrogen (secondary N) is 2. The number of pyridine rings is 1. The van der Waals surface area contributed by atoms with Crippen molar-refractivity contribution >= 4 is 34.8 Å². The minimum absolute atomic E-state index is 0.171. The van der Waals surface area contributed by atoms with Crippen LogP contribution in [0.4, 0.5) is 11.4 Å². The SMILES string of the molecule is O=C(CCCOc1ccccc1Cl)Nc1ccccc1NC(=O)c1cccnc1. The standard InChI is InChI=1S/C22H20ClN3O3/c23-17-8-1-4-11-20(17)29-14-6-12-21(27)25-18-9-2-3-10-19(18)26-22(28)16-7-5-13-24-15-16/h1-5,7-11,13,15H,6,12,14H2,(H,25,27)(H,26,28). The van der Waals surface area contributed by atoms with Gasteiger partial charge >= 0.3 is 0 Å². The summed E-state index contributed by atoms with van der Waals surface area (Å²) in [6.45, 7) is 0.372. The number of amides is 2. The molecule has 0 saturated carbocycles. The van der Waals surface area contributed by atoms with E-state index < -0.39 is 0 Å². The molecule has 0 bridgehead atoms. The number of carbonyl (C=O) groups excluding carboxylic acids is 2. The van der Waals surface area contributed by atoms with Gasteiger partial charge in [-0.25, -0.2) is 0 Å². The van der Waals surface area contributed by atoms with Crippen LogP contribution in [0.5, 0.6) is 5.75 Å². The van der Waals surface area contributed by atoms with Gasteiger partial charge in [0.2, 0.25) is 5.91 Å². The van der Waals surface area contributed by atoms with Crippen molar-refractivity contribution in [2.45, 2.75) is 12.8 Å². The fourth-order valence-electron chi connectivity index (χ4n) is 2.58. The largest absolute Gasteiger partial charge is 0.492 e. The molecule has 0 aliphatic rings. The summed E-state index contributed by atoms with van der Waals surface area (Å²) in [5.74, 6) is 0.127. The molecule has 0 aliphatic heterocycles. The molecule has 6 nitrogen and oxygen atoms in total. The lowest BCUT2D eigenvalue weighted by molar-refractivity contribution is -0.116. The highest BCUT2D eigenvalue weighted by Gasteiger charge is 2.11. The average Bonchev–Trinajstić information content (AvgIpc) is 2.74. The summed E-state index contributed by atoms with van der Waals surface area (Å²) >= 11 is 6.03. The monoisotopic (exact) mass is 409 g/mol. The number of halogens is 1. The van der Waals surface area contributed by atoms with Crippen molar-refractivity contribution < 1.29 is 14.3 Å². The lowest BCUT2D eigenvalue weighted by atomic mass is 10.2. The topological polar surface area (TPSA) is 80.3 Å². The van der Waals surface area contributed by atoms with Gasteiger partial charge in [-0.05, 0) is 42.8 Å². The van der Waals surface area contributed by atoms with E-state index in [1.54, 1.807) is 54.7 Å². The van der Waals surface area contributed by atoms with Crippen LogP contribution in [-0.2, 0) is 4.79 Å². The highest BCUT2D eigenvalue weighted by atomic mass is 35.5. The second-order valence-electron chi connectivity index (χ2n) is 6.17. The van der Waals surface area contributed by atoms with Crippen molar-refractivity contribution in [1.82, 2.24) is 4.98 Å². The minimum atomic E-state index is -0.298. The zero-order valence-electron chi connectivity index (χ0n) is 15.6. The third-order valence-electron chi connectivity index (χ3n) is 4.02. The predicted octanol–water partition coefficient (Wildman–Crippen LogP) is 4.79. The number of carbonyl (C=O) groups is 2. The van der Waals surface area contributed by atoms with Gasteiger partial charge in [-0.3, -0.25) is 14.6 Å². The van der Waals surface area contributed by atoms with Gasteiger partial charge < -0.3 is 15.4 Å². The maximum Gasteiger partial charge on any atom is 0.257 e. The van der Waals surface area contributed by atoms with Gasteiger partial charge in [0.25, 0.3) is 5.91 Å². The third-order valence-corrected chi connectivity index (χ3v) is 4.33. The normalized spacial score (nSPS) is 10.2. The van der Waals surface area contributed by atoms with E-state index >= 15 is 0 Å². The summed E-state index contributed by atoms with van der Waals surface area (Å²) in [4.78, 5) is 28.6. The highest BCUT2D eigenvalue weighted by molar-refractivity contribution is 6.32. The minimum Gasteiger partial charge on any atom is -0.492 e. The molecule has 0 saturated heterocycles. The molecular weight excluding hydrogens is 390 g/mol. The average molecular weight is 410 g/mol. The maximum absolute atomic E-state index is 12.3. The molecule has 0 aliphatic carbocycles. The predicted molar refractivity (Wildman–Crippen MR) is 113 cm³/mol. The van der Waals surface area contributed by atoms with Gasteiger partial charge in [0.15, 0.2) is 0 Å². The Bertz CT molecular complexity index is 980. The van der Waals surface area contributed by atoms with E-state index in [4.69, 9.17) is 16.3 Å². The van der Waals surface area contributed by atoms with Crippen LogP contribution in [0.3, 0.4) is 0 Å². The molecule has 3 rings (SSSR count). The number of para-hydroxylation sites is 3. The number of aromatic nitrogens is 1. The summed E-state index contributed by atoms with van der Waals surface area (Å²) in [6, 6.07) is 17.6. The van der Waals surface area contributed by atoms with Crippen LogP contribution < -0.4 is 15.4 Å². The molecule has 0 unspecified atom stereocenters. The molecule has 7 heteroatoms. The van der Waals surface area contributed by atoms with Gasteiger partial charge in [0.05, 0.1) is 28.6 Å². The van der Waals surface area contributed by atoms with E-state index in [0.29, 0.717) is 40.7 Å². The molecule has 2 N–H and O–H groups in total. The molecule has 148 valence electrons. The summed E-state index contributed by atoms with van der Waals surface area (Å²) in [6.07, 6.45) is 3.88. The first-order chi connectivity index (χ1) is 14.1. The van der Waals surface area contributed by atoms with Gasteiger partial charge in [-0.1, -0.05) is 35.9 Å². The van der Waals surface area contributed by atoms with Crippen molar-refractivity contribution in [3.05, 3.63) is 83.6 Å². The van der Waals surface area contributed by atoms with E-state index in [-0.39, 0.29) is 18.2 Å². The van der Waals surface area contributed by atoms with Crippen LogP contribution in [0, 0.1) is 0 Å². The molecule has 0 radical (unpaired) electrons. The van der Waals surface area contributed by atoms with E-state index in [1.165, 1.54) is 6.20 Å². The van der Waals surface area contributed by atoms with Gasteiger partial charge in [-0.15, -0.1) is 0 Å². The Morgan fingerprint density at radius 3 is 2.38 bits per heavy atom. The van der Waals surface area contributed by atoms with Crippen LogP contribution in [-0.4, -0.2) is 23.4 Å². The van der Waals surface area contributed by atoms with Gasteiger partial charge in [-0.2, -0.15) is 0 Å². The quantitative estimate of drug-likeness (QED) is 0.524. The first-order valence-corrected chi connectivity index (χ1v) is 9.49. The number of anilines is 2. The van der Waals surface area contributed by atoms with Crippen molar-refractivity contribution in [3.63, 3.8) is 0 Å². The summed E-state index contributed by atoms with van der Waals surface area (Å²) < 4.78 is 5.59. The van der Waals surface area contributed by atoms with E-state index in [9.17, 15) is 9.59 Å². The van der Waals surface area contributed by atoms with Crippen molar-refractivity contribution in [2.24, 2.45) is 0 Å². The highest BCUT2D eigenvalue weighted by Crippen LogP contribution is 2.24. The van der Waals surface area contributed by atoms with Crippen molar-refractivity contribution in [2.75, 3.05) is 17.2 Å². The van der Waals surface area contributed by atoms with E-state index in [1.807, 2.05) is 12.1 Å². The Balaban J connectivity index is 1.51. The molecule has 1 aromatic heterocycles. The fourth-order valence-corrected chi connectivity index (χ4v) is 2.77. The molecule has 0 fully saturated rings. The Morgan fingerprint density at radius 1 is 0.931 bits per heavy atom. The number of hydrogen-bond donors (Lipinski definition) is 2. The second-order valence-corrected chi connectivity index (χ2v) is 6.58. The summed E-state index contributed by atoms with van der Waals surface area (Å²) in [5, 5.41) is 6.16. The zero-order valence-corrected chi connectivity index (χ0v) is 16.4. The third kappa shape index (κ3) is 6.05. The Morgan fingerprint density at radius 2 is 1.66 bits per heavy atom. The molecule has 2 amide bonds. The smallest absolute Gasteiger partial charge is 0.257 e. The summed E-state index contributed by atoms with van der Waals surface area (Å²) in [5.41, 5.74) is 1.48. The fraction of sp³-hybridized carbons (Fsp3) is 0.136. The maximum atomic E-state index is 12.3. The van der Waals surface area contributed by atoms with Crippen LogP contribution in [0.2, 0.25) is 5.02 Å². The Hall–Kier alpha value is -3.38. The van der Waals surface area contributed by atoms with Crippen LogP contribution in [0.25, 0.3) is 0 Å². The summed E-state index contributed by atoms with van der Waals surface area (Å²) in [7, 11) is 0. The number of ether oxygens (including phenoxy) is 1. The first kappa shape index (κ1) is 20.4. The zero-order chi connectivity index (χ0) is 20.5. The Labute approximate surface area is 173 Å². The molecular formula is C22H20ClN3O3. The van der Waals surface area contributed by atoms with Crippen molar-refractivity contribution in [1.29, 1.82) is 0 Å². The molecule has 0 spiro atoms. The van der Waals surface area contributed by atoms with E-state index in [0.717, 1.165) is 0 Å². The number of hydrogen-bond acceptors (Lipinski definition) is 4. The number of benzene rings is 2. The number of nitrogens with zero attached hydrogens (tertiary/aromatic N) is 1.